The van der Waals surface area contributed by atoms with Gasteiger partial charge in [-0.05, 0) is 31.5 Å². The van der Waals surface area contributed by atoms with Gasteiger partial charge in [-0.3, -0.25) is 4.79 Å². The second-order valence-corrected chi connectivity index (χ2v) is 3.36. The van der Waals surface area contributed by atoms with Crippen LogP contribution in [0, 0.1) is 0 Å². The van der Waals surface area contributed by atoms with Gasteiger partial charge in [-0.2, -0.15) is 0 Å². The number of aliphatic hydroxyl groups is 1. The van der Waals surface area contributed by atoms with Crippen LogP contribution in [0.2, 0.25) is 0 Å². The first-order valence-electron chi connectivity index (χ1n) is 4.90. The maximum atomic E-state index is 11.2. The molecule has 0 fully saturated rings. The number of nitrogen functional groups attached to an aromatic ring is 1. The molecule has 0 bridgehead atoms. The van der Waals surface area contributed by atoms with E-state index in [-0.39, 0.29) is 12.4 Å². The van der Waals surface area contributed by atoms with E-state index >= 15 is 0 Å². The molecule has 0 aliphatic rings. The predicted molar refractivity (Wildman–Crippen MR) is 61.1 cm³/mol. The second-order valence-electron chi connectivity index (χ2n) is 3.36. The molecule has 1 aromatic carbocycles. The first-order valence-corrected chi connectivity index (χ1v) is 4.90. The van der Waals surface area contributed by atoms with Crippen molar-refractivity contribution in [1.29, 1.82) is 0 Å². The number of carbonyl (C=O) groups excluding carboxylic acids is 1. The molecule has 0 spiro atoms. The molecule has 4 nitrogen and oxygen atoms in total. The smallest absolute Gasteiger partial charge is 0.161 e. The standard InChI is InChI=1S/C11H16N2O2/c1-8(15)10-7-9(3-4-11(10)12)13-5-2-6-14/h3-4,7,13-14H,2,5-6,12H2,1H3. The van der Waals surface area contributed by atoms with E-state index in [1.165, 1.54) is 6.92 Å². The molecule has 0 aromatic heterocycles. The lowest BCUT2D eigenvalue weighted by Gasteiger charge is -2.08. The Morgan fingerprint density at radius 1 is 1.53 bits per heavy atom. The van der Waals surface area contributed by atoms with Gasteiger partial charge in [0, 0.05) is 30.1 Å². The summed E-state index contributed by atoms with van der Waals surface area (Å²) in [6.45, 7) is 2.32. The van der Waals surface area contributed by atoms with Crippen LogP contribution in [-0.2, 0) is 0 Å². The number of aliphatic hydroxyl groups excluding tert-OH is 1. The fourth-order valence-corrected chi connectivity index (χ4v) is 1.28. The maximum absolute atomic E-state index is 11.2. The summed E-state index contributed by atoms with van der Waals surface area (Å²) >= 11 is 0. The van der Waals surface area contributed by atoms with Crippen LogP contribution >= 0.6 is 0 Å². The van der Waals surface area contributed by atoms with E-state index in [9.17, 15) is 4.79 Å². The molecule has 0 atom stereocenters. The van der Waals surface area contributed by atoms with Gasteiger partial charge in [0.05, 0.1) is 0 Å². The summed E-state index contributed by atoms with van der Waals surface area (Å²) in [5, 5.41) is 11.7. The molecule has 1 aromatic rings. The Balaban J connectivity index is 2.74. The van der Waals surface area contributed by atoms with E-state index < -0.39 is 0 Å². The van der Waals surface area contributed by atoms with Crippen molar-refractivity contribution in [1.82, 2.24) is 0 Å². The monoisotopic (exact) mass is 208 g/mol. The largest absolute Gasteiger partial charge is 0.398 e. The SMILES string of the molecule is CC(=O)c1cc(NCCCO)ccc1N. The van der Waals surface area contributed by atoms with Crippen LogP contribution in [0.1, 0.15) is 23.7 Å². The highest BCUT2D eigenvalue weighted by Crippen LogP contribution is 2.18. The van der Waals surface area contributed by atoms with Crippen LogP contribution in [0.3, 0.4) is 0 Å². The van der Waals surface area contributed by atoms with Crippen LogP contribution < -0.4 is 11.1 Å². The van der Waals surface area contributed by atoms with E-state index in [0.717, 1.165) is 5.69 Å². The van der Waals surface area contributed by atoms with Gasteiger partial charge in [-0.1, -0.05) is 0 Å². The molecule has 0 amide bonds. The van der Waals surface area contributed by atoms with Crippen LogP contribution in [0.15, 0.2) is 18.2 Å². The van der Waals surface area contributed by atoms with Gasteiger partial charge in [-0.25, -0.2) is 0 Å². The third-order valence-electron chi connectivity index (χ3n) is 2.10. The van der Waals surface area contributed by atoms with Gasteiger partial charge in [-0.15, -0.1) is 0 Å². The zero-order valence-corrected chi connectivity index (χ0v) is 8.79. The van der Waals surface area contributed by atoms with E-state index in [1.807, 2.05) is 6.07 Å². The lowest BCUT2D eigenvalue weighted by molar-refractivity contribution is 0.101. The number of anilines is 2. The lowest BCUT2D eigenvalue weighted by atomic mass is 10.1. The number of rotatable bonds is 5. The van der Waals surface area contributed by atoms with E-state index in [4.69, 9.17) is 10.8 Å². The number of ketones is 1. The normalized spacial score (nSPS) is 10.0. The van der Waals surface area contributed by atoms with Gasteiger partial charge in [0.2, 0.25) is 0 Å². The third kappa shape index (κ3) is 3.25. The highest BCUT2D eigenvalue weighted by atomic mass is 16.3. The average Bonchev–Trinajstić information content (AvgIpc) is 2.20. The number of benzene rings is 1. The molecule has 0 aliphatic heterocycles. The number of hydrogen-bond donors (Lipinski definition) is 3. The summed E-state index contributed by atoms with van der Waals surface area (Å²) in [7, 11) is 0. The first-order chi connectivity index (χ1) is 7.15. The summed E-state index contributed by atoms with van der Waals surface area (Å²) in [4.78, 5) is 11.2. The molecule has 0 radical (unpaired) electrons. The predicted octanol–water partition coefficient (Wildman–Crippen LogP) is 1.27. The van der Waals surface area contributed by atoms with Crippen molar-refractivity contribution in [2.45, 2.75) is 13.3 Å². The molecule has 1 rings (SSSR count). The van der Waals surface area contributed by atoms with Crippen LogP contribution in [0.25, 0.3) is 0 Å². The topological polar surface area (TPSA) is 75.3 Å². The Bertz CT molecular complexity index is 350. The second kappa shape index (κ2) is 5.36. The van der Waals surface area contributed by atoms with Crippen molar-refractivity contribution in [3.8, 4) is 0 Å². The Hall–Kier alpha value is -1.55. The summed E-state index contributed by atoms with van der Waals surface area (Å²) < 4.78 is 0. The average molecular weight is 208 g/mol. The Labute approximate surface area is 89.1 Å². The zero-order chi connectivity index (χ0) is 11.3. The van der Waals surface area contributed by atoms with Crippen LogP contribution in [0.5, 0.6) is 0 Å². The van der Waals surface area contributed by atoms with E-state index in [2.05, 4.69) is 5.32 Å². The van der Waals surface area contributed by atoms with Crippen molar-refractivity contribution >= 4 is 17.2 Å². The minimum atomic E-state index is -0.0432. The van der Waals surface area contributed by atoms with Gasteiger partial charge >= 0.3 is 0 Å². The minimum absolute atomic E-state index is 0.0432. The van der Waals surface area contributed by atoms with Crippen LogP contribution in [-0.4, -0.2) is 24.0 Å². The number of nitrogens with two attached hydrogens (primary N) is 1. The first kappa shape index (κ1) is 11.5. The highest BCUT2D eigenvalue weighted by molar-refractivity contribution is 5.99. The number of hydrogen-bond acceptors (Lipinski definition) is 4. The minimum Gasteiger partial charge on any atom is -0.398 e. The lowest BCUT2D eigenvalue weighted by Crippen LogP contribution is -2.06. The van der Waals surface area contributed by atoms with Gasteiger partial charge in [0.25, 0.3) is 0 Å². The number of carbonyl (C=O) groups is 1. The molecule has 4 N–H and O–H groups in total. The van der Waals surface area contributed by atoms with Gasteiger partial charge < -0.3 is 16.2 Å². The van der Waals surface area contributed by atoms with Crippen molar-refractivity contribution < 1.29 is 9.90 Å². The fraction of sp³-hybridized carbons (Fsp3) is 0.364. The molecule has 0 saturated heterocycles. The van der Waals surface area contributed by atoms with Crippen molar-refractivity contribution in [3.63, 3.8) is 0 Å². The quantitative estimate of drug-likeness (QED) is 0.387. The van der Waals surface area contributed by atoms with E-state index in [1.54, 1.807) is 12.1 Å². The van der Waals surface area contributed by atoms with Gasteiger partial charge in [0.1, 0.15) is 0 Å². The van der Waals surface area contributed by atoms with Gasteiger partial charge in [0.15, 0.2) is 5.78 Å². The summed E-state index contributed by atoms with van der Waals surface area (Å²) in [5.74, 6) is -0.0432. The van der Waals surface area contributed by atoms with Crippen molar-refractivity contribution in [2.75, 3.05) is 24.2 Å². The summed E-state index contributed by atoms with van der Waals surface area (Å²) in [6.07, 6.45) is 0.680. The van der Waals surface area contributed by atoms with Crippen molar-refractivity contribution in [3.05, 3.63) is 23.8 Å². The Kier molecular flexibility index (Phi) is 4.12. The Morgan fingerprint density at radius 2 is 2.27 bits per heavy atom. The van der Waals surface area contributed by atoms with Crippen LogP contribution in [0.4, 0.5) is 11.4 Å². The molecular weight excluding hydrogens is 192 g/mol. The van der Waals surface area contributed by atoms with Crippen molar-refractivity contribution in [2.24, 2.45) is 0 Å². The molecule has 0 saturated carbocycles. The molecule has 4 heteroatoms. The molecule has 82 valence electrons. The molecule has 15 heavy (non-hydrogen) atoms. The zero-order valence-electron chi connectivity index (χ0n) is 8.79. The Morgan fingerprint density at radius 3 is 2.87 bits per heavy atom. The number of Topliss-reactive ketones (excluding diaryl/α,β-unsaturated/α-hetero) is 1. The number of nitrogens with one attached hydrogen (secondary N) is 1. The van der Waals surface area contributed by atoms with E-state index in [0.29, 0.717) is 24.2 Å². The summed E-state index contributed by atoms with van der Waals surface area (Å²) in [5.41, 5.74) is 7.53. The molecule has 0 heterocycles. The maximum Gasteiger partial charge on any atom is 0.161 e. The third-order valence-corrected chi connectivity index (χ3v) is 2.10. The highest BCUT2D eigenvalue weighted by Gasteiger charge is 2.05. The summed E-state index contributed by atoms with van der Waals surface area (Å²) in [6, 6.07) is 5.26. The molecule has 0 aliphatic carbocycles. The molecule has 0 unspecified atom stereocenters. The molecular formula is C11H16N2O2. The fourth-order valence-electron chi connectivity index (χ4n) is 1.28.